The molecule has 2 heterocycles. The number of pyridine rings is 1. The van der Waals surface area contributed by atoms with E-state index in [1.54, 1.807) is 18.3 Å². The van der Waals surface area contributed by atoms with Gasteiger partial charge in [-0.25, -0.2) is 0 Å². The number of alkyl halides is 3. The number of benzene rings is 1. The van der Waals surface area contributed by atoms with E-state index in [9.17, 15) is 13.2 Å². The largest absolute Gasteiger partial charge is 0.573 e. The third kappa shape index (κ3) is 3.92. The Labute approximate surface area is 131 Å². The van der Waals surface area contributed by atoms with E-state index in [0.717, 1.165) is 23.4 Å². The van der Waals surface area contributed by atoms with Gasteiger partial charge in [0.15, 0.2) is 0 Å². The van der Waals surface area contributed by atoms with Crippen molar-refractivity contribution >= 4 is 5.69 Å². The molecular weight excluding hydrogens is 307 g/mol. The second-order valence-corrected chi connectivity index (χ2v) is 5.51. The quantitative estimate of drug-likeness (QED) is 0.944. The Kier molecular flexibility index (Phi) is 4.12. The predicted molar refractivity (Wildman–Crippen MR) is 80.1 cm³/mol. The SMILES string of the molecule is NC1Cc2ncccc2N(Cc2ccc(OC(F)(F)F)cc2)C1. The second kappa shape index (κ2) is 6.08. The molecule has 0 aliphatic carbocycles. The molecule has 1 aromatic carbocycles. The average Bonchev–Trinajstić information content (AvgIpc) is 2.47. The van der Waals surface area contributed by atoms with Crippen LogP contribution in [0.2, 0.25) is 0 Å². The zero-order valence-electron chi connectivity index (χ0n) is 12.3. The summed E-state index contributed by atoms with van der Waals surface area (Å²) in [6.45, 7) is 1.23. The molecule has 1 aromatic heterocycles. The van der Waals surface area contributed by atoms with E-state index < -0.39 is 6.36 Å². The van der Waals surface area contributed by atoms with Crippen LogP contribution in [-0.2, 0) is 13.0 Å². The van der Waals surface area contributed by atoms with Crippen LogP contribution in [0.1, 0.15) is 11.3 Å². The number of aromatic nitrogens is 1. The first-order valence-corrected chi connectivity index (χ1v) is 7.20. The van der Waals surface area contributed by atoms with Crippen molar-refractivity contribution in [1.29, 1.82) is 0 Å². The Morgan fingerprint density at radius 2 is 1.96 bits per heavy atom. The van der Waals surface area contributed by atoms with Crippen LogP contribution in [0, 0.1) is 0 Å². The number of ether oxygens (including phenoxy) is 1. The topological polar surface area (TPSA) is 51.4 Å². The molecule has 7 heteroatoms. The van der Waals surface area contributed by atoms with Gasteiger partial charge in [-0.1, -0.05) is 12.1 Å². The number of rotatable bonds is 3. The highest BCUT2D eigenvalue weighted by Gasteiger charge is 2.31. The standard InChI is InChI=1S/C16H16F3N3O/c17-16(18,19)23-13-5-3-11(4-6-13)9-22-10-12(20)8-14-15(22)2-1-7-21-14/h1-7,12H,8-10,20H2. The minimum atomic E-state index is -4.67. The zero-order valence-corrected chi connectivity index (χ0v) is 12.3. The van der Waals surface area contributed by atoms with E-state index in [4.69, 9.17) is 5.73 Å². The molecule has 0 amide bonds. The highest BCUT2D eigenvalue weighted by molar-refractivity contribution is 5.53. The monoisotopic (exact) mass is 323 g/mol. The Morgan fingerprint density at radius 3 is 2.65 bits per heavy atom. The first-order chi connectivity index (χ1) is 10.9. The fourth-order valence-corrected chi connectivity index (χ4v) is 2.74. The van der Waals surface area contributed by atoms with Crippen molar-refractivity contribution in [2.45, 2.75) is 25.4 Å². The molecule has 3 rings (SSSR count). The molecule has 0 saturated heterocycles. The van der Waals surface area contributed by atoms with Gasteiger partial charge in [0.25, 0.3) is 0 Å². The van der Waals surface area contributed by atoms with Crippen molar-refractivity contribution < 1.29 is 17.9 Å². The van der Waals surface area contributed by atoms with Gasteiger partial charge in [0.2, 0.25) is 0 Å². The van der Waals surface area contributed by atoms with E-state index >= 15 is 0 Å². The summed E-state index contributed by atoms with van der Waals surface area (Å²) in [4.78, 5) is 6.44. The van der Waals surface area contributed by atoms with E-state index in [2.05, 4.69) is 14.6 Å². The number of hydrogen-bond acceptors (Lipinski definition) is 4. The Balaban J connectivity index is 1.75. The smallest absolute Gasteiger partial charge is 0.406 e. The third-order valence-electron chi connectivity index (χ3n) is 3.65. The van der Waals surface area contributed by atoms with Gasteiger partial charge in [-0.3, -0.25) is 4.98 Å². The maximum atomic E-state index is 12.2. The van der Waals surface area contributed by atoms with Gasteiger partial charge < -0.3 is 15.4 Å². The number of anilines is 1. The molecule has 2 aromatic rings. The molecule has 1 unspecified atom stereocenters. The summed E-state index contributed by atoms with van der Waals surface area (Å²) in [6.07, 6.45) is -2.21. The summed E-state index contributed by atoms with van der Waals surface area (Å²) in [5.74, 6) is -0.223. The van der Waals surface area contributed by atoms with Crippen LogP contribution in [0.25, 0.3) is 0 Å². The van der Waals surface area contributed by atoms with Crippen LogP contribution < -0.4 is 15.4 Å². The molecule has 0 spiro atoms. The van der Waals surface area contributed by atoms with Gasteiger partial charge in [0.05, 0.1) is 11.4 Å². The maximum Gasteiger partial charge on any atom is 0.573 e. The molecule has 1 aliphatic heterocycles. The van der Waals surface area contributed by atoms with Gasteiger partial charge >= 0.3 is 6.36 Å². The summed E-state index contributed by atoms with van der Waals surface area (Å²) >= 11 is 0. The zero-order chi connectivity index (χ0) is 16.4. The molecular formula is C16H16F3N3O. The van der Waals surface area contributed by atoms with Crippen LogP contribution in [0.5, 0.6) is 5.75 Å². The second-order valence-electron chi connectivity index (χ2n) is 5.51. The lowest BCUT2D eigenvalue weighted by atomic mass is 10.0. The molecule has 1 aliphatic rings. The summed E-state index contributed by atoms with van der Waals surface area (Å²) < 4.78 is 40.4. The van der Waals surface area contributed by atoms with Crippen molar-refractivity contribution in [2.24, 2.45) is 5.73 Å². The van der Waals surface area contributed by atoms with Crippen molar-refractivity contribution in [1.82, 2.24) is 4.98 Å². The highest BCUT2D eigenvalue weighted by atomic mass is 19.4. The first-order valence-electron chi connectivity index (χ1n) is 7.20. The molecule has 2 N–H and O–H groups in total. The molecule has 0 bridgehead atoms. The van der Waals surface area contributed by atoms with Gasteiger partial charge in [0.1, 0.15) is 5.75 Å². The number of nitrogens with zero attached hydrogens (tertiary/aromatic N) is 2. The fraction of sp³-hybridized carbons (Fsp3) is 0.312. The molecule has 0 saturated carbocycles. The Bertz CT molecular complexity index is 673. The summed E-state index contributed by atoms with van der Waals surface area (Å²) in [5, 5.41) is 0. The number of nitrogens with two attached hydrogens (primary N) is 1. The van der Waals surface area contributed by atoms with Gasteiger partial charge in [-0.2, -0.15) is 0 Å². The average molecular weight is 323 g/mol. The number of fused-ring (bicyclic) bond motifs is 1. The highest BCUT2D eigenvalue weighted by Crippen LogP contribution is 2.27. The molecule has 23 heavy (non-hydrogen) atoms. The van der Waals surface area contributed by atoms with Gasteiger partial charge in [-0.05, 0) is 29.8 Å². The minimum Gasteiger partial charge on any atom is -0.406 e. The predicted octanol–water partition coefficient (Wildman–Crippen LogP) is 2.87. The first kappa shape index (κ1) is 15.6. The number of hydrogen-bond donors (Lipinski definition) is 1. The summed E-state index contributed by atoms with van der Waals surface area (Å²) in [6, 6.07) is 9.71. The Morgan fingerprint density at radius 1 is 1.22 bits per heavy atom. The van der Waals surface area contributed by atoms with Crippen LogP contribution in [-0.4, -0.2) is 23.9 Å². The Hall–Kier alpha value is -2.28. The lowest BCUT2D eigenvalue weighted by molar-refractivity contribution is -0.274. The van der Waals surface area contributed by atoms with E-state index in [-0.39, 0.29) is 11.8 Å². The van der Waals surface area contributed by atoms with Crippen molar-refractivity contribution in [3.8, 4) is 5.75 Å². The van der Waals surface area contributed by atoms with Crippen LogP contribution in [0.4, 0.5) is 18.9 Å². The van der Waals surface area contributed by atoms with Crippen LogP contribution in [0.3, 0.4) is 0 Å². The van der Waals surface area contributed by atoms with Crippen molar-refractivity contribution in [3.63, 3.8) is 0 Å². The fourth-order valence-electron chi connectivity index (χ4n) is 2.74. The lowest BCUT2D eigenvalue weighted by Crippen LogP contribution is -2.43. The summed E-state index contributed by atoms with van der Waals surface area (Å²) in [5.41, 5.74) is 8.90. The third-order valence-corrected chi connectivity index (χ3v) is 3.65. The summed E-state index contributed by atoms with van der Waals surface area (Å²) in [7, 11) is 0. The molecule has 122 valence electrons. The minimum absolute atomic E-state index is 0.00904. The number of halogens is 3. The van der Waals surface area contributed by atoms with Gasteiger partial charge in [-0.15, -0.1) is 13.2 Å². The maximum absolute atomic E-state index is 12.2. The van der Waals surface area contributed by atoms with Gasteiger partial charge in [0, 0.05) is 31.7 Å². The van der Waals surface area contributed by atoms with Crippen LogP contribution in [0.15, 0.2) is 42.6 Å². The molecule has 0 radical (unpaired) electrons. The lowest BCUT2D eigenvalue weighted by Gasteiger charge is -2.34. The van der Waals surface area contributed by atoms with Crippen molar-refractivity contribution in [2.75, 3.05) is 11.4 Å². The normalized spacial score (nSPS) is 17.7. The molecule has 1 atom stereocenters. The van der Waals surface area contributed by atoms with E-state index in [1.807, 2.05) is 12.1 Å². The van der Waals surface area contributed by atoms with E-state index in [0.29, 0.717) is 13.1 Å². The van der Waals surface area contributed by atoms with Crippen LogP contribution >= 0.6 is 0 Å². The van der Waals surface area contributed by atoms with E-state index in [1.165, 1.54) is 12.1 Å². The molecule has 4 nitrogen and oxygen atoms in total. The van der Waals surface area contributed by atoms with Crippen molar-refractivity contribution in [3.05, 3.63) is 53.9 Å². The molecule has 0 fully saturated rings.